The molecule has 0 bridgehead atoms. The maximum atomic E-state index is 11.7. The van der Waals surface area contributed by atoms with Crippen molar-refractivity contribution in [3.8, 4) is 0 Å². The molecule has 0 aromatic heterocycles. The highest BCUT2D eigenvalue weighted by atomic mass is 16.5. The lowest BCUT2D eigenvalue weighted by atomic mass is 9.95. The quantitative estimate of drug-likeness (QED) is 0.473. The Morgan fingerprint density at radius 2 is 1.94 bits per heavy atom. The molecule has 1 unspecified atom stereocenters. The van der Waals surface area contributed by atoms with E-state index in [0.29, 0.717) is 0 Å². The average molecular weight is 245 g/mol. The van der Waals surface area contributed by atoms with Crippen molar-refractivity contribution in [3.63, 3.8) is 0 Å². The number of rotatable bonds is 10. The van der Waals surface area contributed by atoms with Gasteiger partial charge in [0, 0.05) is 13.2 Å². The predicted molar refractivity (Wildman–Crippen MR) is 69.1 cm³/mol. The van der Waals surface area contributed by atoms with E-state index < -0.39 is 5.54 Å². The molecule has 4 nitrogen and oxygen atoms in total. The summed E-state index contributed by atoms with van der Waals surface area (Å²) in [5.74, 6) is -0.186. The maximum Gasteiger partial charge on any atom is 0.325 e. The fourth-order valence-corrected chi connectivity index (χ4v) is 1.81. The van der Waals surface area contributed by atoms with E-state index in [9.17, 15) is 4.79 Å². The zero-order valence-electron chi connectivity index (χ0n) is 11.7. The second kappa shape index (κ2) is 9.42. The summed E-state index contributed by atoms with van der Waals surface area (Å²) >= 11 is 0. The Balaban J connectivity index is 3.88. The molecule has 0 heterocycles. The molecule has 4 heteroatoms. The second-order valence-corrected chi connectivity index (χ2v) is 4.42. The Bertz CT molecular complexity index is 209. The molecule has 0 aliphatic carbocycles. The Kier molecular flexibility index (Phi) is 9.09. The minimum absolute atomic E-state index is 0.186. The first kappa shape index (κ1) is 16.4. The molecular weight excluding hydrogens is 218 g/mol. The monoisotopic (exact) mass is 245 g/mol. The van der Waals surface area contributed by atoms with Gasteiger partial charge < -0.3 is 14.8 Å². The molecule has 0 saturated heterocycles. The van der Waals surface area contributed by atoms with Crippen LogP contribution < -0.4 is 5.32 Å². The number of carbonyl (C=O) groups excluding carboxylic acids is 1. The minimum Gasteiger partial charge on any atom is -0.468 e. The third kappa shape index (κ3) is 6.64. The number of hydrogen-bond donors (Lipinski definition) is 1. The highest BCUT2D eigenvalue weighted by molar-refractivity contribution is 5.80. The summed E-state index contributed by atoms with van der Waals surface area (Å²) in [5.41, 5.74) is -0.561. The number of carbonyl (C=O) groups is 1. The summed E-state index contributed by atoms with van der Waals surface area (Å²) in [6.07, 6.45) is 3.78. The molecular formula is C13H27NO3. The lowest BCUT2D eigenvalue weighted by Gasteiger charge is -2.27. The average Bonchev–Trinajstić information content (AvgIpc) is 2.33. The van der Waals surface area contributed by atoms with E-state index in [1.807, 2.05) is 13.8 Å². The predicted octanol–water partition coefficient (Wildman–Crippen LogP) is 2.12. The number of unbranched alkanes of at least 4 members (excludes halogenated alkanes) is 1. The topological polar surface area (TPSA) is 47.6 Å². The third-order valence-corrected chi connectivity index (χ3v) is 2.77. The van der Waals surface area contributed by atoms with Gasteiger partial charge in [0.05, 0.1) is 7.11 Å². The third-order valence-electron chi connectivity index (χ3n) is 2.77. The molecule has 0 amide bonds. The van der Waals surface area contributed by atoms with Gasteiger partial charge in [0.25, 0.3) is 0 Å². The number of hydrogen-bond acceptors (Lipinski definition) is 4. The summed E-state index contributed by atoms with van der Waals surface area (Å²) in [6.45, 7) is 8.34. The van der Waals surface area contributed by atoms with Gasteiger partial charge in [-0.1, -0.05) is 13.8 Å². The Labute approximate surface area is 105 Å². The van der Waals surface area contributed by atoms with Crippen LogP contribution in [0.2, 0.25) is 0 Å². The van der Waals surface area contributed by atoms with Gasteiger partial charge in [-0.3, -0.25) is 4.79 Å². The van der Waals surface area contributed by atoms with Crippen LogP contribution in [0, 0.1) is 0 Å². The molecule has 0 aliphatic rings. The van der Waals surface area contributed by atoms with Crippen molar-refractivity contribution >= 4 is 5.97 Å². The standard InChI is InChI=1S/C13H27NO3/c1-5-10-17-11-8-7-9-13(3,14-6-2)12(15)16-4/h14H,5-11H2,1-4H3. The molecule has 0 radical (unpaired) electrons. The summed E-state index contributed by atoms with van der Waals surface area (Å²) < 4.78 is 10.2. The van der Waals surface area contributed by atoms with Crippen molar-refractivity contribution < 1.29 is 14.3 Å². The van der Waals surface area contributed by atoms with Gasteiger partial charge in [-0.15, -0.1) is 0 Å². The summed E-state index contributed by atoms with van der Waals surface area (Å²) in [6, 6.07) is 0. The zero-order chi connectivity index (χ0) is 13.1. The minimum atomic E-state index is -0.561. The van der Waals surface area contributed by atoms with Crippen LogP contribution in [0.25, 0.3) is 0 Å². The van der Waals surface area contributed by atoms with E-state index in [2.05, 4.69) is 12.2 Å². The van der Waals surface area contributed by atoms with Crippen LogP contribution >= 0.6 is 0 Å². The van der Waals surface area contributed by atoms with Crippen LogP contribution in [0.4, 0.5) is 0 Å². The van der Waals surface area contributed by atoms with Crippen molar-refractivity contribution in [3.05, 3.63) is 0 Å². The van der Waals surface area contributed by atoms with Crippen LogP contribution in [0.5, 0.6) is 0 Å². The molecule has 0 aromatic carbocycles. The summed E-state index contributed by atoms with van der Waals surface area (Å²) in [5, 5.41) is 3.20. The molecule has 0 rings (SSSR count). The second-order valence-electron chi connectivity index (χ2n) is 4.42. The first-order chi connectivity index (χ1) is 8.10. The van der Waals surface area contributed by atoms with Crippen LogP contribution in [-0.4, -0.2) is 38.4 Å². The van der Waals surface area contributed by atoms with Gasteiger partial charge in [0.2, 0.25) is 0 Å². The number of methoxy groups -OCH3 is 1. The fourth-order valence-electron chi connectivity index (χ4n) is 1.81. The van der Waals surface area contributed by atoms with Gasteiger partial charge in [0.15, 0.2) is 0 Å². The highest BCUT2D eigenvalue weighted by Crippen LogP contribution is 2.15. The summed E-state index contributed by atoms with van der Waals surface area (Å²) in [7, 11) is 1.43. The molecule has 0 fully saturated rings. The van der Waals surface area contributed by atoms with Crippen molar-refractivity contribution in [1.29, 1.82) is 0 Å². The Morgan fingerprint density at radius 3 is 2.47 bits per heavy atom. The number of likely N-dealkylation sites (N-methyl/N-ethyl adjacent to an activating group) is 1. The van der Waals surface area contributed by atoms with Gasteiger partial charge >= 0.3 is 5.97 Å². The Hall–Kier alpha value is -0.610. The van der Waals surface area contributed by atoms with Gasteiger partial charge in [0.1, 0.15) is 5.54 Å². The first-order valence-electron chi connectivity index (χ1n) is 6.52. The van der Waals surface area contributed by atoms with Crippen LogP contribution in [0.1, 0.15) is 46.5 Å². The smallest absolute Gasteiger partial charge is 0.325 e. The SMILES string of the molecule is CCCOCCCCC(C)(NCC)C(=O)OC. The van der Waals surface area contributed by atoms with Crippen LogP contribution in [0.3, 0.4) is 0 Å². The number of nitrogens with one attached hydrogen (secondary N) is 1. The first-order valence-corrected chi connectivity index (χ1v) is 6.52. The largest absolute Gasteiger partial charge is 0.468 e. The molecule has 0 saturated carbocycles. The van der Waals surface area contributed by atoms with Crippen LogP contribution in [-0.2, 0) is 14.3 Å². The van der Waals surface area contributed by atoms with Crippen molar-refractivity contribution in [2.24, 2.45) is 0 Å². The lowest BCUT2D eigenvalue weighted by Crippen LogP contribution is -2.50. The van der Waals surface area contributed by atoms with Crippen molar-refractivity contribution in [2.45, 2.75) is 52.0 Å². The van der Waals surface area contributed by atoms with Crippen molar-refractivity contribution in [2.75, 3.05) is 26.9 Å². The molecule has 1 N–H and O–H groups in total. The molecule has 1 atom stereocenters. The summed E-state index contributed by atoms with van der Waals surface area (Å²) in [4.78, 5) is 11.7. The fraction of sp³-hybridized carbons (Fsp3) is 0.923. The van der Waals surface area contributed by atoms with Gasteiger partial charge in [-0.25, -0.2) is 0 Å². The van der Waals surface area contributed by atoms with Gasteiger partial charge in [-0.2, -0.15) is 0 Å². The van der Waals surface area contributed by atoms with E-state index in [1.165, 1.54) is 7.11 Å². The maximum absolute atomic E-state index is 11.7. The van der Waals surface area contributed by atoms with E-state index in [1.54, 1.807) is 0 Å². The van der Waals surface area contributed by atoms with E-state index >= 15 is 0 Å². The molecule has 17 heavy (non-hydrogen) atoms. The van der Waals surface area contributed by atoms with Crippen LogP contribution in [0.15, 0.2) is 0 Å². The Morgan fingerprint density at radius 1 is 1.24 bits per heavy atom. The van der Waals surface area contributed by atoms with Crippen molar-refractivity contribution in [1.82, 2.24) is 5.32 Å². The molecule has 0 aromatic rings. The van der Waals surface area contributed by atoms with E-state index in [4.69, 9.17) is 9.47 Å². The molecule has 0 spiro atoms. The molecule has 0 aliphatic heterocycles. The normalized spacial score (nSPS) is 14.4. The van der Waals surface area contributed by atoms with E-state index in [0.717, 1.165) is 45.4 Å². The highest BCUT2D eigenvalue weighted by Gasteiger charge is 2.32. The lowest BCUT2D eigenvalue weighted by molar-refractivity contribution is -0.148. The number of esters is 1. The van der Waals surface area contributed by atoms with E-state index in [-0.39, 0.29) is 5.97 Å². The number of ether oxygens (including phenoxy) is 2. The molecule has 102 valence electrons. The zero-order valence-corrected chi connectivity index (χ0v) is 11.7. The van der Waals surface area contributed by atoms with Gasteiger partial charge in [-0.05, 0) is 39.2 Å².